The molecule has 0 saturated carbocycles. The van der Waals surface area contributed by atoms with Crippen LogP contribution < -0.4 is 0 Å². The molecule has 1 saturated heterocycles. The Bertz CT molecular complexity index is 1010. The molecule has 2 aromatic carbocycles. The minimum Gasteiger partial charge on any atom is -0.508 e. The molecule has 0 bridgehead atoms. The molecule has 168 valence electrons. The van der Waals surface area contributed by atoms with Gasteiger partial charge in [-0.1, -0.05) is 0 Å². The van der Waals surface area contributed by atoms with Crippen LogP contribution in [-0.2, 0) is 17.2 Å². The summed E-state index contributed by atoms with van der Waals surface area (Å²) < 4.78 is 75.7. The lowest BCUT2D eigenvalue weighted by molar-refractivity contribution is -0.137. The number of halogens is 5. The molecule has 1 aliphatic rings. The Morgan fingerprint density at radius 2 is 1.84 bits per heavy atom. The van der Waals surface area contributed by atoms with E-state index in [9.17, 15) is 31.3 Å². The molecule has 1 fully saturated rings. The third-order valence-corrected chi connectivity index (χ3v) is 5.86. The number of nitriles is 1. The highest BCUT2D eigenvalue weighted by atomic mass is 32.2. The number of alkyl halides is 3. The van der Waals surface area contributed by atoms with E-state index in [-0.39, 0.29) is 35.7 Å². The maximum Gasteiger partial charge on any atom is 0.416 e. The van der Waals surface area contributed by atoms with Gasteiger partial charge in [0, 0.05) is 19.2 Å². The van der Waals surface area contributed by atoms with E-state index in [1.165, 1.54) is 4.31 Å². The van der Waals surface area contributed by atoms with Gasteiger partial charge < -0.3 is 15.3 Å². The number of phenolic OH excluding ortho intramolecular Hbond substituents is 1. The molecule has 3 N–H and O–H groups in total. The van der Waals surface area contributed by atoms with Gasteiger partial charge in [-0.2, -0.15) is 18.4 Å². The molecule has 0 spiro atoms. The smallest absolute Gasteiger partial charge is 0.416 e. The van der Waals surface area contributed by atoms with E-state index in [0.717, 1.165) is 30.3 Å². The summed E-state index contributed by atoms with van der Waals surface area (Å²) in [6.07, 6.45) is -4.39. The number of rotatable bonds is 3. The van der Waals surface area contributed by atoms with Gasteiger partial charge in [-0.15, -0.1) is 0 Å². The van der Waals surface area contributed by atoms with Gasteiger partial charge in [0.2, 0.25) is 0 Å². The average molecular weight is 464 g/mol. The van der Waals surface area contributed by atoms with Crippen molar-refractivity contribution in [2.45, 2.75) is 23.1 Å². The summed E-state index contributed by atoms with van der Waals surface area (Å²) in [4.78, 5) is -0.0438. The van der Waals surface area contributed by atoms with Crippen LogP contribution in [0.4, 0.5) is 22.0 Å². The SMILES string of the molecule is N#Cc1cc(C(F)(F)F)ccc1S(=O)N1CCC(O)(CO)C1.Oc1ccc(F)c(F)c1. The van der Waals surface area contributed by atoms with Crippen molar-refractivity contribution in [3.8, 4) is 11.8 Å². The maximum atomic E-state index is 12.6. The van der Waals surface area contributed by atoms with Gasteiger partial charge in [-0.05, 0) is 36.8 Å². The van der Waals surface area contributed by atoms with E-state index in [2.05, 4.69) is 0 Å². The fourth-order valence-corrected chi connectivity index (χ4v) is 4.03. The first-order chi connectivity index (χ1) is 14.4. The number of nitrogens with zero attached hydrogens (tertiary/aromatic N) is 2. The van der Waals surface area contributed by atoms with Crippen LogP contribution in [0.5, 0.6) is 5.75 Å². The van der Waals surface area contributed by atoms with E-state index in [0.29, 0.717) is 6.07 Å². The first-order valence-electron chi connectivity index (χ1n) is 8.65. The summed E-state index contributed by atoms with van der Waals surface area (Å²) in [7, 11) is -1.88. The van der Waals surface area contributed by atoms with Crippen molar-refractivity contribution in [3.63, 3.8) is 0 Å². The molecule has 6 nitrogen and oxygen atoms in total. The molecule has 3 rings (SSSR count). The van der Waals surface area contributed by atoms with Crippen LogP contribution in [0.15, 0.2) is 41.3 Å². The number of phenols is 1. The Morgan fingerprint density at radius 3 is 2.32 bits per heavy atom. The van der Waals surface area contributed by atoms with Crippen molar-refractivity contribution in [2.24, 2.45) is 0 Å². The average Bonchev–Trinajstić information content (AvgIpc) is 3.12. The van der Waals surface area contributed by atoms with Crippen LogP contribution in [0.3, 0.4) is 0 Å². The van der Waals surface area contributed by atoms with Gasteiger partial charge in [-0.3, -0.25) is 0 Å². The Kier molecular flexibility index (Phi) is 7.72. The molecule has 0 aliphatic carbocycles. The van der Waals surface area contributed by atoms with Gasteiger partial charge in [0.1, 0.15) is 28.4 Å². The van der Waals surface area contributed by atoms with Gasteiger partial charge >= 0.3 is 6.18 Å². The predicted molar refractivity (Wildman–Crippen MR) is 98.8 cm³/mol. The van der Waals surface area contributed by atoms with Crippen molar-refractivity contribution in [1.82, 2.24) is 4.31 Å². The Hall–Kier alpha value is -2.59. The van der Waals surface area contributed by atoms with Crippen LogP contribution in [0.1, 0.15) is 17.5 Å². The first-order valence-corrected chi connectivity index (χ1v) is 9.76. The lowest BCUT2D eigenvalue weighted by Gasteiger charge is -2.20. The molecule has 0 radical (unpaired) electrons. The molecule has 1 heterocycles. The highest BCUT2D eigenvalue weighted by Gasteiger charge is 2.39. The van der Waals surface area contributed by atoms with Crippen molar-refractivity contribution in [2.75, 3.05) is 19.7 Å². The standard InChI is InChI=1S/C13H13F3N2O3S.C6H4F2O/c14-13(15,16)10-1-2-11(9(5-10)6-17)22(21)18-4-3-12(20,7-18)8-19;7-5-2-1-4(9)3-6(5)8/h1-2,5,19-20H,3-4,7-8H2;1-3,9H. The summed E-state index contributed by atoms with van der Waals surface area (Å²) in [6.45, 7) is -0.379. The number of aliphatic hydroxyl groups excluding tert-OH is 1. The normalized spacial score (nSPS) is 19.9. The second-order valence-corrected chi connectivity index (χ2v) is 8.12. The number of β-amino-alcohol motifs (C(OH)–C–C–N with tert-alkyl or cyclic N) is 1. The van der Waals surface area contributed by atoms with E-state index in [1.54, 1.807) is 6.07 Å². The van der Waals surface area contributed by atoms with Crippen molar-refractivity contribution >= 4 is 11.0 Å². The largest absolute Gasteiger partial charge is 0.508 e. The Balaban J connectivity index is 0.000000316. The molecule has 2 atom stereocenters. The lowest BCUT2D eigenvalue weighted by Crippen LogP contribution is -2.37. The van der Waals surface area contributed by atoms with Crippen LogP contribution in [0.2, 0.25) is 0 Å². The number of aromatic hydroxyl groups is 1. The van der Waals surface area contributed by atoms with Gasteiger partial charge in [0.05, 0.1) is 22.6 Å². The molecule has 0 aromatic heterocycles. The monoisotopic (exact) mass is 464 g/mol. The molecule has 2 aromatic rings. The second-order valence-electron chi connectivity index (χ2n) is 6.66. The van der Waals surface area contributed by atoms with Crippen LogP contribution in [0.25, 0.3) is 0 Å². The zero-order valence-corrected chi connectivity index (χ0v) is 16.6. The molecular weight excluding hydrogens is 447 g/mol. The molecule has 12 heteroatoms. The van der Waals surface area contributed by atoms with Crippen LogP contribution in [0, 0.1) is 23.0 Å². The number of hydrogen-bond acceptors (Lipinski definition) is 5. The van der Waals surface area contributed by atoms with Gasteiger partial charge in [0.15, 0.2) is 11.6 Å². The quantitative estimate of drug-likeness (QED) is 0.606. The Labute approximate surface area is 176 Å². The molecular formula is C19H17F5N2O4S. The summed E-state index contributed by atoms with van der Waals surface area (Å²) in [6, 6.07) is 6.71. The van der Waals surface area contributed by atoms with Gasteiger partial charge in [-0.25, -0.2) is 17.3 Å². The highest BCUT2D eigenvalue weighted by molar-refractivity contribution is 7.82. The zero-order valence-electron chi connectivity index (χ0n) is 15.7. The molecule has 2 unspecified atom stereocenters. The number of benzene rings is 2. The second kappa shape index (κ2) is 9.69. The van der Waals surface area contributed by atoms with Crippen molar-refractivity contribution in [3.05, 3.63) is 59.2 Å². The van der Waals surface area contributed by atoms with Crippen molar-refractivity contribution in [1.29, 1.82) is 5.26 Å². The third-order valence-electron chi connectivity index (χ3n) is 4.34. The first kappa shape index (κ1) is 24.7. The molecule has 1 aliphatic heterocycles. The summed E-state index contributed by atoms with van der Waals surface area (Å²) in [5, 5.41) is 36.5. The van der Waals surface area contributed by atoms with Crippen LogP contribution >= 0.6 is 0 Å². The zero-order chi connectivity index (χ0) is 23.4. The lowest BCUT2D eigenvalue weighted by atomic mass is 10.1. The fraction of sp³-hybridized carbons (Fsp3) is 0.316. The van der Waals surface area contributed by atoms with E-state index in [4.69, 9.17) is 15.5 Å². The topological polar surface area (TPSA) is 105 Å². The predicted octanol–water partition coefficient (Wildman–Crippen LogP) is 2.70. The van der Waals surface area contributed by atoms with Crippen molar-refractivity contribution < 1.29 is 41.5 Å². The van der Waals surface area contributed by atoms with E-state index >= 15 is 0 Å². The van der Waals surface area contributed by atoms with Gasteiger partial charge in [0.25, 0.3) is 0 Å². The minimum atomic E-state index is -4.59. The van der Waals surface area contributed by atoms with Crippen LogP contribution in [-0.4, -0.2) is 49.1 Å². The van der Waals surface area contributed by atoms with E-state index < -0.39 is 46.6 Å². The number of aliphatic hydroxyl groups is 2. The minimum absolute atomic E-state index is 0.0438. The molecule has 0 amide bonds. The summed E-state index contributed by atoms with van der Waals surface area (Å²) in [5.74, 6) is -2.25. The number of hydrogen-bond donors (Lipinski definition) is 3. The Morgan fingerprint density at radius 1 is 1.16 bits per heavy atom. The summed E-state index contributed by atoms with van der Waals surface area (Å²) in [5.41, 5.74) is -2.69. The highest BCUT2D eigenvalue weighted by Crippen LogP contribution is 2.32. The fourth-order valence-electron chi connectivity index (χ4n) is 2.66. The molecule has 31 heavy (non-hydrogen) atoms. The maximum absolute atomic E-state index is 12.6. The van der Waals surface area contributed by atoms with E-state index in [1.807, 2.05) is 0 Å². The third kappa shape index (κ3) is 6.20. The summed E-state index contributed by atoms with van der Waals surface area (Å²) >= 11 is 0.